The zero-order chi connectivity index (χ0) is 17.4. The van der Waals surface area contributed by atoms with Crippen LogP contribution in [0.1, 0.15) is 57.6 Å². The molecule has 1 aromatic rings. The lowest BCUT2D eigenvalue weighted by Gasteiger charge is -2.27. The number of nitrogens with zero attached hydrogens (tertiary/aromatic N) is 1. The van der Waals surface area contributed by atoms with Crippen LogP contribution < -0.4 is 10.1 Å². The molecule has 0 aromatic heterocycles. The molecule has 0 amide bonds. The fraction of sp³-hybridized carbons (Fsp3) is 0.714. The van der Waals surface area contributed by atoms with E-state index in [-0.39, 0.29) is 5.41 Å². The normalized spacial score (nSPS) is 16.3. The first-order valence-corrected chi connectivity index (χ1v) is 9.64. The van der Waals surface area contributed by atoms with Crippen molar-refractivity contribution in [3.8, 4) is 5.75 Å². The molecule has 2 rings (SSSR count). The van der Waals surface area contributed by atoms with Crippen LogP contribution in [-0.2, 0) is 5.41 Å². The van der Waals surface area contributed by atoms with E-state index in [1.165, 1.54) is 50.0 Å². The van der Waals surface area contributed by atoms with Gasteiger partial charge in [-0.15, -0.1) is 0 Å². The first-order valence-electron chi connectivity index (χ1n) is 9.64. The van der Waals surface area contributed by atoms with Crippen molar-refractivity contribution in [2.75, 3.05) is 39.3 Å². The lowest BCUT2D eigenvalue weighted by atomic mass is 9.85. The van der Waals surface area contributed by atoms with Crippen LogP contribution in [0.25, 0.3) is 0 Å². The van der Waals surface area contributed by atoms with Crippen LogP contribution >= 0.6 is 0 Å². The van der Waals surface area contributed by atoms with Gasteiger partial charge in [-0.25, -0.2) is 0 Å². The average Bonchev–Trinajstić information content (AvgIpc) is 2.55. The number of ether oxygens (including phenoxy) is 1. The van der Waals surface area contributed by atoms with Crippen molar-refractivity contribution < 1.29 is 4.74 Å². The summed E-state index contributed by atoms with van der Waals surface area (Å²) < 4.78 is 6.10. The van der Waals surface area contributed by atoms with E-state index in [2.05, 4.69) is 56.1 Å². The number of hydrogen-bond acceptors (Lipinski definition) is 3. The summed E-state index contributed by atoms with van der Waals surface area (Å²) in [7, 11) is 0. The minimum absolute atomic E-state index is 0.130. The summed E-state index contributed by atoms with van der Waals surface area (Å²) in [6, 6.07) is 6.56. The molecule has 0 bridgehead atoms. The van der Waals surface area contributed by atoms with Crippen molar-refractivity contribution >= 4 is 0 Å². The highest BCUT2D eigenvalue weighted by molar-refractivity contribution is 5.41. The molecular formula is C21H36N2O. The van der Waals surface area contributed by atoms with Gasteiger partial charge in [0.1, 0.15) is 5.75 Å². The van der Waals surface area contributed by atoms with E-state index in [9.17, 15) is 0 Å². The van der Waals surface area contributed by atoms with Crippen LogP contribution in [0.3, 0.4) is 0 Å². The smallest absolute Gasteiger partial charge is 0.123 e. The van der Waals surface area contributed by atoms with Crippen molar-refractivity contribution in [3.63, 3.8) is 0 Å². The zero-order valence-corrected chi connectivity index (χ0v) is 16.2. The third kappa shape index (κ3) is 6.45. The van der Waals surface area contributed by atoms with Gasteiger partial charge in [-0.2, -0.15) is 0 Å². The Kier molecular flexibility index (Phi) is 7.57. The first-order chi connectivity index (χ1) is 11.5. The van der Waals surface area contributed by atoms with E-state index in [0.717, 1.165) is 31.9 Å². The maximum atomic E-state index is 6.10. The summed E-state index contributed by atoms with van der Waals surface area (Å²) >= 11 is 0. The maximum absolute atomic E-state index is 6.10. The second-order valence-electron chi connectivity index (χ2n) is 8.10. The van der Waals surface area contributed by atoms with E-state index in [1.807, 2.05) is 0 Å². The standard InChI is InChI=1S/C21H36N2O/c1-18-9-10-20(19(17-18)21(2,3)4)24-16-8-6-5-7-13-23-14-11-22-12-15-23/h9-10,17,22H,5-8,11-16H2,1-4H3. The molecule has 3 heteroatoms. The molecule has 1 aliphatic rings. The molecule has 1 fully saturated rings. The molecule has 0 saturated carbocycles. The van der Waals surface area contributed by atoms with Crippen LogP contribution in [-0.4, -0.2) is 44.2 Å². The van der Waals surface area contributed by atoms with E-state index < -0.39 is 0 Å². The van der Waals surface area contributed by atoms with Gasteiger partial charge in [-0.05, 0) is 43.4 Å². The van der Waals surface area contributed by atoms with E-state index >= 15 is 0 Å². The molecule has 0 radical (unpaired) electrons. The fourth-order valence-corrected chi connectivity index (χ4v) is 3.26. The van der Waals surface area contributed by atoms with Gasteiger partial charge in [-0.1, -0.05) is 51.3 Å². The van der Waals surface area contributed by atoms with Gasteiger partial charge in [0.15, 0.2) is 0 Å². The van der Waals surface area contributed by atoms with Crippen LogP contribution in [0.5, 0.6) is 5.75 Å². The highest BCUT2D eigenvalue weighted by Gasteiger charge is 2.19. The minimum Gasteiger partial charge on any atom is -0.493 e. The Morgan fingerprint density at radius 1 is 1.04 bits per heavy atom. The van der Waals surface area contributed by atoms with Crippen molar-refractivity contribution in [3.05, 3.63) is 29.3 Å². The second-order valence-corrected chi connectivity index (χ2v) is 8.10. The fourth-order valence-electron chi connectivity index (χ4n) is 3.26. The summed E-state index contributed by atoms with van der Waals surface area (Å²) in [4.78, 5) is 2.58. The molecular weight excluding hydrogens is 296 g/mol. The lowest BCUT2D eigenvalue weighted by Crippen LogP contribution is -2.43. The number of nitrogens with one attached hydrogen (secondary N) is 1. The zero-order valence-electron chi connectivity index (χ0n) is 16.2. The number of piperazine rings is 1. The van der Waals surface area contributed by atoms with E-state index in [0.29, 0.717) is 0 Å². The molecule has 0 spiro atoms. The number of aryl methyl sites for hydroxylation is 1. The summed E-state index contributed by atoms with van der Waals surface area (Å²) in [6.45, 7) is 15.7. The van der Waals surface area contributed by atoms with Gasteiger partial charge in [0.2, 0.25) is 0 Å². The molecule has 24 heavy (non-hydrogen) atoms. The Morgan fingerprint density at radius 3 is 2.46 bits per heavy atom. The molecule has 1 aliphatic heterocycles. The van der Waals surface area contributed by atoms with Crippen LogP contribution in [0.4, 0.5) is 0 Å². The molecule has 0 aliphatic carbocycles. The number of hydrogen-bond donors (Lipinski definition) is 1. The Morgan fingerprint density at radius 2 is 1.75 bits per heavy atom. The van der Waals surface area contributed by atoms with Crippen molar-refractivity contribution in [2.45, 2.75) is 58.8 Å². The van der Waals surface area contributed by atoms with Gasteiger partial charge in [0.05, 0.1) is 6.61 Å². The summed E-state index contributed by atoms with van der Waals surface area (Å²) in [5, 5.41) is 3.41. The monoisotopic (exact) mass is 332 g/mol. The van der Waals surface area contributed by atoms with E-state index in [1.54, 1.807) is 0 Å². The molecule has 1 N–H and O–H groups in total. The van der Waals surface area contributed by atoms with Crippen LogP contribution in [0.2, 0.25) is 0 Å². The molecule has 136 valence electrons. The molecule has 0 unspecified atom stereocenters. The third-order valence-corrected chi connectivity index (χ3v) is 4.78. The summed E-state index contributed by atoms with van der Waals surface area (Å²) in [5.41, 5.74) is 2.76. The molecule has 1 heterocycles. The molecule has 3 nitrogen and oxygen atoms in total. The van der Waals surface area contributed by atoms with Gasteiger partial charge >= 0.3 is 0 Å². The Balaban J connectivity index is 1.64. The predicted octanol–water partition coefficient (Wildman–Crippen LogP) is 4.14. The highest BCUT2D eigenvalue weighted by atomic mass is 16.5. The summed E-state index contributed by atoms with van der Waals surface area (Å²) in [6.07, 6.45) is 5.05. The van der Waals surface area contributed by atoms with Gasteiger partial charge in [-0.3, -0.25) is 0 Å². The second kappa shape index (κ2) is 9.43. The van der Waals surface area contributed by atoms with Gasteiger partial charge in [0, 0.05) is 26.2 Å². The SMILES string of the molecule is Cc1ccc(OCCCCCCN2CCNCC2)c(C(C)(C)C)c1. The van der Waals surface area contributed by atoms with Crippen LogP contribution in [0, 0.1) is 6.92 Å². The third-order valence-electron chi connectivity index (χ3n) is 4.78. The van der Waals surface area contributed by atoms with Crippen LogP contribution in [0.15, 0.2) is 18.2 Å². The van der Waals surface area contributed by atoms with Crippen molar-refractivity contribution in [1.29, 1.82) is 0 Å². The predicted molar refractivity (Wildman–Crippen MR) is 103 cm³/mol. The number of unbranched alkanes of at least 4 members (excludes halogenated alkanes) is 3. The van der Waals surface area contributed by atoms with Crippen molar-refractivity contribution in [1.82, 2.24) is 10.2 Å². The molecule has 1 saturated heterocycles. The van der Waals surface area contributed by atoms with Gasteiger partial charge < -0.3 is 15.0 Å². The number of benzene rings is 1. The largest absolute Gasteiger partial charge is 0.493 e. The maximum Gasteiger partial charge on any atom is 0.123 e. The van der Waals surface area contributed by atoms with E-state index in [4.69, 9.17) is 4.74 Å². The lowest BCUT2D eigenvalue weighted by molar-refractivity contribution is 0.234. The quantitative estimate of drug-likeness (QED) is 0.724. The van der Waals surface area contributed by atoms with Crippen molar-refractivity contribution in [2.24, 2.45) is 0 Å². The van der Waals surface area contributed by atoms with Gasteiger partial charge in [0.25, 0.3) is 0 Å². The number of rotatable bonds is 8. The molecule has 0 atom stereocenters. The highest BCUT2D eigenvalue weighted by Crippen LogP contribution is 2.32. The Labute approximate surface area is 148 Å². The minimum atomic E-state index is 0.130. The Bertz CT molecular complexity index is 487. The molecule has 1 aromatic carbocycles. The topological polar surface area (TPSA) is 24.5 Å². The summed E-state index contributed by atoms with van der Waals surface area (Å²) in [5.74, 6) is 1.06. The Hall–Kier alpha value is -1.06. The average molecular weight is 333 g/mol. The first kappa shape index (κ1) is 19.3.